The summed E-state index contributed by atoms with van der Waals surface area (Å²) < 4.78 is 1.84. The number of hydrogen-bond donors (Lipinski definition) is 3. The SMILES string of the molecule is CCCNCCn1ccc(NC(=O)c2c[nH]c3c2-c2ncccc2CCC3)n1. The van der Waals surface area contributed by atoms with E-state index in [-0.39, 0.29) is 5.91 Å². The molecule has 0 unspecified atom stereocenters. The van der Waals surface area contributed by atoms with Crippen molar-refractivity contribution in [2.75, 3.05) is 18.4 Å². The molecule has 0 saturated heterocycles. The summed E-state index contributed by atoms with van der Waals surface area (Å²) in [5.41, 5.74) is 4.73. The molecule has 0 saturated carbocycles. The van der Waals surface area contributed by atoms with Crippen molar-refractivity contribution in [3.8, 4) is 11.3 Å². The number of nitrogens with one attached hydrogen (secondary N) is 3. The molecule has 0 bridgehead atoms. The molecule has 3 heterocycles. The Morgan fingerprint density at radius 3 is 3.11 bits per heavy atom. The fraction of sp³-hybridized carbons (Fsp3) is 0.381. The lowest BCUT2D eigenvalue weighted by Crippen LogP contribution is -2.21. The highest BCUT2D eigenvalue weighted by atomic mass is 16.1. The van der Waals surface area contributed by atoms with Gasteiger partial charge in [0.25, 0.3) is 5.91 Å². The molecule has 7 nitrogen and oxygen atoms in total. The number of carbonyl (C=O) groups is 1. The Bertz CT molecular complexity index is 957. The van der Waals surface area contributed by atoms with Gasteiger partial charge in [0.2, 0.25) is 0 Å². The molecule has 1 amide bonds. The van der Waals surface area contributed by atoms with Crippen LogP contribution in [0.3, 0.4) is 0 Å². The summed E-state index contributed by atoms with van der Waals surface area (Å²) in [4.78, 5) is 20.8. The second kappa shape index (κ2) is 8.39. The van der Waals surface area contributed by atoms with E-state index in [0.717, 1.165) is 62.3 Å². The number of fused-ring (bicyclic) bond motifs is 3. The first kappa shape index (κ1) is 18.4. The predicted molar refractivity (Wildman–Crippen MR) is 109 cm³/mol. The lowest BCUT2D eigenvalue weighted by atomic mass is 10.0. The van der Waals surface area contributed by atoms with Gasteiger partial charge in [-0.1, -0.05) is 13.0 Å². The number of nitrogens with zero attached hydrogens (tertiary/aromatic N) is 3. The minimum absolute atomic E-state index is 0.162. The highest BCUT2D eigenvalue weighted by Crippen LogP contribution is 2.33. The van der Waals surface area contributed by atoms with Crippen LogP contribution in [0.4, 0.5) is 5.82 Å². The molecular formula is C21H26N6O. The summed E-state index contributed by atoms with van der Waals surface area (Å²) in [5, 5.41) is 10.7. The zero-order valence-corrected chi connectivity index (χ0v) is 16.2. The lowest BCUT2D eigenvalue weighted by Gasteiger charge is -2.08. The number of pyridine rings is 1. The Hall–Kier alpha value is -2.93. The van der Waals surface area contributed by atoms with Crippen LogP contribution in [0.25, 0.3) is 11.3 Å². The third kappa shape index (κ3) is 3.84. The molecule has 7 heteroatoms. The van der Waals surface area contributed by atoms with Gasteiger partial charge in [-0.25, -0.2) is 0 Å². The summed E-state index contributed by atoms with van der Waals surface area (Å²) in [5.74, 6) is 0.399. The molecule has 0 aromatic carbocycles. The number of anilines is 1. The maximum Gasteiger partial charge on any atom is 0.259 e. The number of rotatable bonds is 7. The zero-order valence-electron chi connectivity index (χ0n) is 16.2. The molecule has 3 aromatic rings. The number of aryl methyl sites for hydroxylation is 2. The molecule has 3 aromatic heterocycles. The van der Waals surface area contributed by atoms with E-state index in [1.54, 1.807) is 12.4 Å². The second-order valence-electron chi connectivity index (χ2n) is 7.09. The monoisotopic (exact) mass is 378 g/mol. The molecule has 3 N–H and O–H groups in total. The summed E-state index contributed by atoms with van der Waals surface area (Å²) in [6.07, 6.45) is 9.51. The molecule has 1 aliphatic carbocycles. The van der Waals surface area contributed by atoms with Crippen LogP contribution in [0, 0.1) is 0 Å². The third-order valence-corrected chi connectivity index (χ3v) is 5.03. The van der Waals surface area contributed by atoms with Crippen LogP contribution >= 0.6 is 0 Å². The summed E-state index contributed by atoms with van der Waals surface area (Å²) in [6, 6.07) is 5.88. The quantitative estimate of drug-likeness (QED) is 0.552. The minimum atomic E-state index is -0.162. The number of aromatic amines is 1. The molecule has 146 valence electrons. The summed E-state index contributed by atoms with van der Waals surface area (Å²) in [7, 11) is 0. The predicted octanol–water partition coefficient (Wildman–Crippen LogP) is 3.01. The van der Waals surface area contributed by atoms with Gasteiger partial charge < -0.3 is 15.6 Å². The first-order valence-corrected chi connectivity index (χ1v) is 9.96. The van der Waals surface area contributed by atoms with Gasteiger partial charge in [-0.2, -0.15) is 5.10 Å². The Morgan fingerprint density at radius 1 is 1.29 bits per heavy atom. The van der Waals surface area contributed by atoms with Crippen molar-refractivity contribution in [1.29, 1.82) is 0 Å². The molecule has 0 fully saturated rings. The van der Waals surface area contributed by atoms with Crippen molar-refractivity contribution in [2.45, 2.75) is 39.2 Å². The number of hydrogen-bond acceptors (Lipinski definition) is 4. The van der Waals surface area contributed by atoms with Crippen molar-refractivity contribution < 1.29 is 4.79 Å². The van der Waals surface area contributed by atoms with Crippen molar-refractivity contribution in [2.24, 2.45) is 0 Å². The zero-order chi connectivity index (χ0) is 19.3. The van der Waals surface area contributed by atoms with Crippen LogP contribution in [-0.2, 0) is 19.4 Å². The summed E-state index contributed by atoms with van der Waals surface area (Å²) in [6.45, 7) is 4.77. The molecular weight excluding hydrogens is 352 g/mol. The Kier molecular flexibility index (Phi) is 5.53. The Labute approximate surface area is 164 Å². The first-order chi connectivity index (χ1) is 13.8. The fourth-order valence-corrected chi connectivity index (χ4v) is 3.67. The van der Waals surface area contributed by atoms with Gasteiger partial charge in [0.15, 0.2) is 5.82 Å². The van der Waals surface area contributed by atoms with Crippen LogP contribution in [0.15, 0.2) is 36.8 Å². The molecule has 0 aliphatic heterocycles. The van der Waals surface area contributed by atoms with Gasteiger partial charge in [0.05, 0.1) is 17.8 Å². The van der Waals surface area contributed by atoms with Gasteiger partial charge in [-0.3, -0.25) is 14.5 Å². The van der Waals surface area contributed by atoms with Gasteiger partial charge in [0.1, 0.15) is 0 Å². The first-order valence-electron chi connectivity index (χ1n) is 9.96. The van der Waals surface area contributed by atoms with Crippen LogP contribution < -0.4 is 10.6 Å². The maximum absolute atomic E-state index is 13.0. The minimum Gasteiger partial charge on any atom is -0.364 e. The second-order valence-corrected chi connectivity index (χ2v) is 7.09. The Morgan fingerprint density at radius 2 is 2.21 bits per heavy atom. The number of amides is 1. The van der Waals surface area contributed by atoms with Crippen molar-refractivity contribution in [3.63, 3.8) is 0 Å². The van der Waals surface area contributed by atoms with E-state index < -0.39 is 0 Å². The molecule has 0 radical (unpaired) electrons. The van der Waals surface area contributed by atoms with Crippen molar-refractivity contribution in [1.82, 2.24) is 25.1 Å². The van der Waals surface area contributed by atoms with E-state index in [0.29, 0.717) is 11.4 Å². The van der Waals surface area contributed by atoms with Crippen LogP contribution in [0.2, 0.25) is 0 Å². The van der Waals surface area contributed by atoms with E-state index in [2.05, 4.69) is 38.7 Å². The molecule has 0 spiro atoms. The van der Waals surface area contributed by atoms with Gasteiger partial charge in [-0.05, 0) is 43.9 Å². The van der Waals surface area contributed by atoms with Gasteiger partial charge in [0, 0.05) is 42.5 Å². The number of carbonyl (C=O) groups excluding carboxylic acids is 1. The smallest absolute Gasteiger partial charge is 0.259 e. The highest BCUT2D eigenvalue weighted by Gasteiger charge is 2.24. The van der Waals surface area contributed by atoms with Crippen molar-refractivity contribution >= 4 is 11.7 Å². The van der Waals surface area contributed by atoms with E-state index in [9.17, 15) is 4.79 Å². The number of H-pyrrole nitrogens is 1. The topological polar surface area (TPSA) is 87.6 Å². The standard InChI is InChI=1S/C21H26N6O/c1-2-9-22-11-13-27-12-8-18(26-27)25-21(28)16-14-24-17-7-3-5-15-6-4-10-23-20(15)19(16)17/h4,6,8,10,12,14,22,24H,2-3,5,7,9,11,13H2,1H3,(H,25,26,28). The molecule has 4 rings (SSSR count). The van der Waals surface area contributed by atoms with E-state index in [1.165, 1.54) is 5.56 Å². The third-order valence-electron chi connectivity index (χ3n) is 5.03. The molecule has 0 atom stereocenters. The lowest BCUT2D eigenvalue weighted by molar-refractivity contribution is 0.102. The van der Waals surface area contributed by atoms with Gasteiger partial charge >= 0.3 is 0 Å². The highest BCUT2D eigenvalue weighted by molar-refractivity contribution is 6.08. The van der Waals surface area contributed by atoms with Gasteiger partial charge in [-0.15, -0.1) is 0 Å². The maximum atomic E-state index is 13.0. The fourth-order valence-electron chi connectivity index (χ4n) is 3.67. The van der Waals surface area contributed by atoms with Crippen LogP contribution in [0.1, 0.15) is 41.4 Å². The Balaban J connectivity index is 1.51. The average Bonchev–Trinajstić information content (AvgIpc) is 3.28. The number of aromatic nitrogens is 4. The van der Waals surface area contributed by atoms with Crippen LogP contribution in [-0.4, -0.2) is 38.7 Å². The summed E-state index contributed by atoms with van der Waals surface area (Å²) >= 11 is 0. The van der Waals surface area contributed by atoms with Crippen molar-refractivity contribution in [3.05, 3.63) is 53.6 Å². The average molecular weight is 378 g/mol. The molecule has 28 heavy (non-hydrogen) atoms. The molecule has 1 aliphatic rings. The van der Waals surface area contributed by atoms with E-state index >= 15 is 0 Å². The van der Waals surface area contributed by atoms with Crippen LogP contribution in [0.5, 0.6) is 0 Å². The normalized spacial score (nSPS) is 12.9. The largest absolute Gasteiger partial charge is 0.364 e. The van der Waals surface area contributed by atoms with E-state index in [4.69, 9.17) is 0 Å². The van der Waals surface area contributed by atoms with E-state index in [1.807, 2.05) is 23.0 Å².